The number of carbonyl (C=O) groups is 2. The fraction of sp³-hybridized carbons (Fsp3) is 0.174. The van der Waals surface area contributed by atoms with Gasteiger partial charge in [-0.1, -0.05) is 30.3 Å². The van der Waals surface area contributed by atoms with Crippen molar-refractivity contribution in [1.82, 2.24) is 10.3 Å². The molecule has 3 aromatic rings. The van der Waals surface area contributed by atoms with Gasteiger partial charge in [0.05, 0.1) is 17.9 Å². The lowest BCUT2D eigenvalue weighted by Gasteiger charge is -2.13. The van der Waals surface area contributed by atoms with Crippen molar-refractivity contribution in [2.24, 2.45) is 5.73 Å². The molecule has 0 fully saturated rings. The number of nitrogens with two attached hydrogens (primary N) is 1. The summed E-state index contributed by atoms with van der Waals surface area (Å²) in [6.07, 6.45) is 1.44. The van der Waals surface area contributed by atoms with Crippen LogP contribution in [0.4, 0.5) is 17.2 Å². The number of aromatic nitrogens is 1. The van der Waals surface area contributed by atoms with E-state index in [0.29, 0.717) is 42.3 Å². The summed E-state index contributed by atoms with van der Waals surface area (Å²) in [7, 11) is 1.58. The number of hydrogen-bond donors (Lipinski definition) is 4. The topological polar surface area (TPSA) is 118 Å². The highest BCUT2D eigenvalue weighted by atomic mass is 16.5. The Bertz CT molecular complexity index is 1020. The maximum atomic E-state index is 12.1. The molecule has 0 aliphatic carbocycles. The van der Waals surface area contributed by atoms with Crippen molar-refractivity contribution in [2.45, 2.75) is 6.54 Å². The predicted octanol–water partition coefficient (Wildman–Crippen LogP) is 2.91. The number of methoxy groups -OCH3 is 1. The normalized spacial score (nSPS) is 10.4. The minimum Gasteiger partial charge on any atom is -0.383 e. The maximum absolute atomic E-state index is 12.1. The van der Waals surface area contributed by atoms with Crippen molar-refractivity contribution in [3.05, 3.63) is 83.6 Å². The Hall–Kier alpha value is -3.91. The van der Waals surface area contributed by atoms with Crippen molar-refractivity contribution < 1.29 is 14.3 Å². The number of carbonyl (C=O) groups excluding carboxylic acids is 2. The molecule has 0 spiro atoms. The molecule has 8 heteroatoms. The van der Waals surface area contributed by atoms with Crippen molar-refractivity contribution >= 4 is 29.0 Å². The second kappa shape index (κ2) is 10.7. The van der Waals surface area contributed by atoms with E-state index in [1.54, 1.807) is 37.4 Å². The molecule has 0 aliphatic rings. The third kappa shape index (κ3) is 6.28. The van der Waals surface area contributed by atoms with Gasteiger partial charge in [0.1, 0.15) is 5.82 Å². The fourth-order valence-corrected chi connectivity index (χ4v) is 2.88. The van der Waals surface area contributed by atoms with Crippen molar-refractivity contribution in [3.63, 3.8) is 0 Å². The van der Waals surface area contributed by atoms with E-state index in [0.717, 1.165) is 11.3 Å². The summed E-state index contributed by atoms with van der Waals surface area (Å²) in [5.41, 5.74) is 8.76. The van der Waals surface area contributed by atoms with Gasteiger partial charge in [0.15, 0.2) is 0 Å². The number of amides is 2. The van der Waals surface area contributed by atoms with Gasteiger partial charge in [-0.25, -0.2) is 4.98 Å². The quantitative estimate of drug-likeness (QED) is 0.375. The molecule has 3 rings (SSSR count). The van der Waals surface area contributed by atoms with Crippen molar-refractivity contribution in [1.29, 1.82) is 0 Å². The van der Waals surface area contributed by atoms with E-state index in [9.17, 15) is 9.59 Å². The Balaban J connectivity index is 1.69. The lowest BCUT2D eigenvalue weighted by molar-refractivity contribution is 0.0936. The highest BCUT2D eigenvalue weighted by Gasteiger charge is 2.11. The van der Waals surface area contributed by atoms with E-state index in [2.05, 4.69) is 20.9 Å². The summed E-state index contributed by atoms with van der Waals surface area (Å²) in [5.74, 6) is -0.184. The van der Waals surface area contributed by atoms with Gasteiger partial charge in [0, 0.05) is 43.7 Å². The van der Waals surface area contributed by atoms with Crippen LogP contribution in [0.25, 0.3) is 0 Å². The molecule has 0 unspecified atom stereocenters. The smallest absolute Gasteiger partial charge is 0.252 e. The summed E-state index contributed by atoms with van der Waals surface area (Å²) in [6, 6.07) is 18.6. The second-order valence-corrected chi connectivity index (χ2v) is 6.77. The molecular formula is C23H25N5O3. The molecule has 0 bridgehead atoms. The Morgan fingerprint density at radius 3 is 2.48 bits per heavy atom. The number of benzene rings is 2. The molecule has 0 aliphatic heterocycles. The minimum atomic E-state index is -0.557. The first-order valence-electron chi connectivity index (χ1n) is 9.78. The molecule has 160 valence electrons. The first-order chi connectivity index (χ1) is 15.1. The monoisotopic (exact) mass is 419 g/mol. The van der Waals surface area contributed by atoms with Gasteiger partial charge in [-0.05, 0) is 29.8 Å². The average molecular weight is 419 g/mol. The summed E-state index contributed by atoms with van der Waals surface area (Å²) >= 11 is 0. The number of primary amides is 1. The molecule has 1 heterocycles. The number of hydrogen-bond acceptors (Lipinski definition) is 6. The van der Waals surface area contributed by atoms with Crippen LogP contribution in [0.2, 0.25) is 0 Å². The van der Waals surface area contributed by atoms with E-state index < -0.39 is 5.91 Å². The van der Waals surface area contributed by atoms with E-state index in [1.807, 2.05) is 30.3 Å². The number of nitrogens with one attached hydrogen (secondary N) is 3. The lowest BCUT2D eigenvalue weighted by atomic mass is 10.1. The zero-order chi connectivity index (χ0) is 22.1. The number of pyridine rings is 1. The van der Waals surface area contributed by atoms with Crippen molar-refractivity contribution in [3.8, 4) is 0 Å². The maximum Gasteiger partial charge on any atom is 0.252 e. The molecule has 2 aromatic carbocycles. The lowest BCUT2D eigenvalue weighted by Crippen LogP contribution is -2.26. The van der Waals surface area contributed by atoms with E-state index in [1.165, 1.54) is 6.20 Å². The Morgan fingerprint density at radius 1 is 1.06 bits per heavy atom. The number of anilines is 3. The molecule has 8 nitrogen and oxygen atoms in total. The number of ether oxygens (including phenoxy) is 1. The summed E-state index contributed by atoms with van der Waals surface area (Å²) < 4.78 is 4.92. The molecular weight excluding hydrogens is 394 g/mol. The summed E-state index contributed by atoms with van der Waals surface area (Å²) in [6.45, 7) is 1.45. The molecule has 0 atom stereocenters. The van der Waals surface area contributed by atoms with E-state index in [4.69, 9.17) is 10.5 Å². The van der Waals surface area contributed by atoms with Gasteiger partial charge in [0.2, 0.25) is 0 Å². The van der Waals surface area contributed by atoms with Crippen LogP contribution in [0, 0.1) is 0 Å². The average Bonchev–Trinajstić information content (AvgIpc) is 2.79. The molecule has 0 saturated heterocycles. The van der Waals surface area contributed by atoms with Gasteiger partial charge in [0.25, 0.3) is 11.8 Å². The largest absolute Gasteiger partial charge is 0.383 e. The van der Waals surface area contributed by atoms with Crippen LogP contribution in [0.3, 0.4) is 0 Å². The van der Waals surface area contributed by atoms with Crippen LogP contribution < -0.4 is 21.7 Å². The molecule has 0 saturated carbocycles. The van der Waals surface area contributed by atoms with Gasteiger partial charge in [-0.15, -0.1) is 0 Å². The number of rotatable bonds is 10. The van der Waals surface area contributed by atoms with Crippen LogP contribution in [0.5, 0.6) is 0 Å². The van der Waals surface area contributed by atoms with Crippen LogP contribution in [-0.4, -0.2) is 37.1 Å². The zero-order valence-corrected chi connectivity index (χ0v) is 17.2. The SMILES string of the molecule is COCCNC(=O)c1ccc(Nc2cc(NCc3ccccc3)c(C(N)=O)cn2)cc1. The summed E-state index contributed by atoms with van der Waals surface area (Å²) in [4.78, 5) is 28.1. The first kappa shape index (κ1) is 21.8. The standard InChI is InChI=1S/C23H25N5O3/c1-31-12-11-25-23(30)17-7-9-18(10-8-17)28-21-13-20(19(15-27-21)22(24)29)26-14-16-5-3-2-4-6-16/h2-10,13,15H,11-12,14H2,1H3,(H2,24,29)(H,25,30)(H2,26,27,28). The summed E-state index contributed by atoms with van der Waals surface area (Å²) in [5, 5.41) is 9.19. The van der Waals surface area contributed by atoms with Gasteiger partial charge in [-0.3, -0.25) is 9.59 Å². The van der Waals surface area contributed by atoms with Crippen LogP contribution in [0.15, 0.2) is 66.9 Å². The Labute approximate surface area is 180 Å². The molecule has 31 heavy (non-hydrogen) atoms. The second-order valence-electron chi connectivity index (χ2n) is 6.77. The third-order valence-corrected chi connectivity index (χ3v) is 4.51. The highest BCUT2D eigenvalue weighted by molar-refractivity contribution is 5.98. The van der Waals surface area contributed by atoms with Crippen LogP contribution in [-0.2, 0) is 11.3 Å². The molecule has 0 radical (unpaired) electrons. The first-order valence-corrected chi connectivity index (χ1v) is 9.78. The zero-order valence-electron chi connectivity index (χ0n) is 17.2. The fourth-order valence-electron chi connectivity index (χ4n) is 2.88. The van der Waals surface area contributed by atoms with Gasteiger partial charge < -0.3 is 26.4 Å². The number of nitrogens with zero attached hydrogens (tertiary/aromatic N) is 1. The van der Waals surface area contributed by atoms with Crippen LogP contribution in [0.1, 0.15) is 26.3 Å². The molecule has 1 aromatic heterocycles. The van der Waals surface area contributed by atoms with E-state index in [-0.39, 0.29) is 5.91 Å². The predicted molar refractivity (Wildman–Crippen MR) is 120 cm³/mol. The van der Waals surface area contributed by atoms with Gasteiger partial charge in [-0.2, -0.15) is 0 Å². The minimum absolute atomic E-state index is 0.167. The van der Waals surface area contributed by atoms with Crippen molar-refractivity contribution in [2.75, 3.05) is 30.9 Å². The molecule has 5 N–H and O–H groups in total. The third-order valence-electron chi connectivity index (χ3n) is 4.51. The Kier molecular flexibility index (Phi) is 7.56. The Morgan fingerprint density at radius 2 is 1.81 bits per heavy atom. The van der Waals surface area contributed by atoms with E-state index >= 15 is 0 Å². The van der Waals surface area contributed by atoms with Crippen LogP contribution >= 0.6 is 0 Å². The highest BCUT2D eigenvalue weighted by Crippen LogP contribution is 2.22. The van der Waals surface area contributed by atoms with Gasteiger partial charge >= 0.3 is 0 Å². The molecule has 2 amide bonds.